The van der Waals surface area contributed by atoms with Crippen molar-refractivity contribution in [2.24, 2.45) is 0 Å². The number of hydrogen-bond acceptors (Lipinski definition) is 7. The molecule has 0 aliphatic heterocycles. The zero-order valence-electron chi connectivity index (χ0n) is 14.9. The molecular weight excluding hydrogens is 419 g/mol. The van der Waals surface area contributed by atoms with E-state index in [9.17, 15) is 31.2 Å². The van der Waals surface area contributed by atoms with E-state index in [1.165, 1.54) is 30.6 Å². The number of para-hydroxylation sites is 1. The highest BCUT2D eigenvalue weighted by Crippen LogP contribution is 2.24. The van der Waals surface area contributed by atoms with Gasteiger partial charge in [0.2, 0.25) is 11.8 Å². The van der Waals surface area contributed by atoms with Crippen molar-refractivity contribution >= 4 is 33.6 Å². The number of ether oxygens (including phenoxy) is 1. The van der Waals surface area contributed by atoms with Crippen LogP contribution in [0.4, 0.5) is 29.6 Å². The molecule has 2 aromatic rings. The number of halogens is 3. The van der Waals surface area contributed by atoms with E-state index in [1.807, 2.05) is 0 Å². The first kappa shape index (κ1) is 21.9. The number of benzene rings is 1. The molecule has 0 spiro atoms. The summed E-state index contributed by atoms with van der Waals surface area (Å²) in [4.78, 5) is 30.0. The molecule has 1 aromatic heterocycles. The summed E-state index contributed by atoms with van der Waals surface area (Å²) in [5.41, 5.74) is -0.251. The summed E-state index contributed by atoms with van der Waals surface area (Å²) in [7, 11) is -3.34. The molecule has 0 unspecified atom stereocenters. The fourth-order valence-electron chi connectivity index (χ4n) is 2.00. The van der Waals surface area contributed by atoms with Crippen LogP contribution in [-0.4, -0.2) is 43.6 Å². The molecule has 0 radical (unpaired) electrons. The number of aromatic nitrogens is 2. The fraction of sp³-hybridized carbons (Fsp3) is 0.200. The van der Waals surface area contributed by atoms with Gasteiger partial charge in [0.1, 0.15) is 4.90 Å². The molecule has 0 saturated heterocycles. The molecule has 0 aliphatic carbocycles. The number of nitrogens with zero attached hydrogens (tertiary/aromatic N) is 2. The number of methoxy groups -OCH3 is 1. The molecule has 29 heavy (non-hydrogen) atoms. The van der Waals surface area contributed by atoms with Gasteiger partial charge >= 0.3 is 18.1 Å². The summed E-state index contributed by atoms with van der Waals surface area (Å²) in [6.45, 7) is 1.57. The highest BCUT2D eigenvalue weighted by atomic mass is 32.2. The second-order valence-corrected chi connectivity index (χ2v) is 7.03. The van der Waals surface area contributed by atoms with Crippen molar-refractivity contribution < 1.29 is 35.9 Å². The lowest BCUT2D eigenvalue weighted by atomic mass is 10.3. The number of aryl methyl sites for hydroxylation is 1. The molecule has 2 rings (SSSR count). The lowest BCUT2D eigenvalue weighted by molar-refractivity contribution is -0.167. The summed E-state index contributed by atoms with van der Waals surface area (Å²) in [5.74, 6) is -2.53. The summed E-state index contributed by atoms with van der Waals surface area (Å²) < 4.78 is 68.6. The van der Waals surface area contributed by atoms with Gasteiger partial charge in [0.05, 0.1) is 12.8 Å². The molecule has 1 aromatic carbocycles. The molecule has 3 N–H and O–H groups in total. The molecule has 1 heterocycles. The molecule has 156 valence electrons. The van der Waals surface area contributed by atoms with Gasteiger partial charge in [-0.25, -0.2) is 22.9 Å². The van der Waals surface area contributed by atoms with Crippen molar-refractivity contribution in [3.05, 3.63) is 36.0 Å². The zero-order valence-corrected chi connectivity index (χ0v) is 15.7. The Balaban J connectivity index is 2.22. The molecule has 0 atom stereocenters. The topological polar surface area (TPSA) is 139 Å². The van der Waals surface area contributed by atoms with Gasteiger partial charge in [-0.1, -0.05) is 12.1 Å². The highest BCUT2D eigenvalue weighted by Gasteiger charge is 2.39. The Morgan fingerprint density at radius 3 is 2.38 bits per heavy atom. The highest BCUT2D eigenvalue weighted by molar-refractivity contribution is 7.90. The molecule has 14 heteroatoms. The number of alkyl halides is 3. The van der Waals surface area contributed by atoms with Gasteiger partial charge in [-0.2, -0.15) is 18.2 Å². The van der Waals surface area contributed by atoms with Crippen LogP contribution in [0.3, 0.4) is 0 Å². The van der Waals surface area contributed by atoms with Gasteiger partial charge in [-0.3, -0.25) is 10.1 Å². The fourth-order valence-corrected chi connectivity index (χ4v) is 3.07. The van der Waals surface area contributed by atoms with Crippen LogP contribution < -0.4 is 20.1 Å². The molecular formula is C15H14F3N5O5S. The van der Waals surface area contributed by atoms with E-state index >= 15 is 0 Å². The number of carbonyl (C=O) groups is 2. The number of amides is 3. The Bertz CT molecular complexity index is 1040. The minimum absolute atomic E-state index is 0.107. The average molecular weight is 433 g/mol. The lowest BCUT2D eigenvalue weighted by Crippen LogP contribution is -2.36. The van der Waals surface area contributed by atoms with Crippen molar-refractivity contribution in [1.82, 2.24) is 14.7 Å². The van der Waals surface area contributed by atoms with Crippen LogP contribution in [0, 0.1) is 6.92 Å². The molecule has 0 saturated carbocycles. The quantitative estimate of drug-likeness (QED) is 0.653. The second-order valence-electron chi connectivity index (χ2n) is 5.38. The number of rotatable bonds is 5. The first-order valence-electron chi connectivity index (χ1n) is 7.63. The summed E-state index contributed by atoms with van der Waals surface area (Å²) in [6.07, 6.45) is -5.23. The van der Waals surface area contributed by atoms with E-state index in [-0.39, 0.29) is 11.8 Å². The first-order valence-corrected chi connectivity index (χ1v) is 9.11. The maximum Gasteiger partial charge on any atom is 0.471 e. The normalized spacial score (nSPS) is 11.5. The number of anilines is 2. The Hall–Kier alpha value is -3.42. The minimum Gasteiger partial charge on any atom is -0.481 e. The van der Waals surface area contributed by atoms with E-state index in [4.69, 9.17) is 4.74 Å². The van der Waals surface area contributed by atoms with E-state index in [0.717, 1.165) is 12.1 Å². The average Bonchev–Trinajstić information content (AvgIpc) is 2.60. The SMILES string of the molecule is COc1cc(C)nc(NC(=O)NS(=O)(=O)c2ccccc2NC(=O)C(F)(F)F)n1. The van der Waals surface area contributed by atoms with E-state index in [2.05, 4.69) is 15.3 Å². The molecule has 3 amide bonds. The number of nitrogens with one attached hydrogen (secondary N) is 3. The van der Waals surface area contributed by atoms with Crippen LogP contribution in [0.25, 0.3) is 0 Å². The van der Waals surface area contributed by atoms with Crippen LogP contribution in [0.1, 0.15) is 5.69 Å². The largest absolute Gasteiger partial charge is 0.481 e. The molecule has 10 nitrogen and oxygen atoms in total. The van der Waals surface area contributed by atoms with Gasteiger partial charge in [-0.15, -0.1) is 0 Å². The minimum atomic E-state index is -5.23. The van der Waals surface area contributed by atoms with Crippen LogP contribution in [0.5, 0.6) is 5.88 Å². The lowest BCUT2D eigenvalue weighted by Gasteiger charge is -2.13. The van der Waals surface area contributed by atoms with Gasteiger partial charge in [0.15, 0.2) is 0 Å². The van der Waals surface area contributed by atoms with Crippen molar-refractivity contribution in [2.45, 2.75) is 18.0 Å². The summed E-state index contributed by atoms with van der Waals surface area (Å²) in [6, 6.07) is 4.43. The van der Waals surface area contributed by atoms with Crippen LogP contribution in [0.15, 0.2) is 35.2 Å². The Morgan fingerprint density at radius 1 is 1.10 bits per heavy atom. The Kier molecular flexibility index (Phi) is 6.26. The number of carbonyl (C=O) groups excluding carboxylic acids is 2. The third-order valence-corrected chi connectivity index (χ3v) is 4.56. The first-order chi connectivity index (χ1) is 13.4. The number of urea groups is 1. The van der Waals surface area contributed by atoms with Gasteiger partial charge in [0.25, 0.3) is 10.0 Å². The van der Waals surface area contributed by atoms with Crippen molar-refractivity contribution in [2.75, 3.05) is 17.7 Å². The Morgan fingerprint density at radius 2 is 1.76 bits per heavy atom. The van der Waals surface area contributed by atoms with E-state index in [0.29, 0.717) is 5.69 Å². The van der Waals surface area contributed by atoms with Crippen molar-refractivity contribution in [3.8, 4) is 5.88 Å². The van der Waals surface area contributed by atoms with Gasteiger partial charge < -0.3 is 10.1 Å². The summed E-state index contributed by atoms with van der Waals surface area (Å²) >= 11 is 0. The van der Waals surface area contributed by atoms with Crippen LogP contribution in [-0.2, 0) is 14.8 Å². The zero-order chi connectivity index (χ0) is 21.8. The van der Waals surface area contributed by atoms with Crippen molar-refractivity contribution in [3.63, 3.8) is 0 Å². The molecule has 0 aliphatic rings. The Labute approximate surface area is 162 Å². The third-order valence-electron chi connectivity index (χ3n) is 3.17. The predicted molar refractivity (Wildman–Crippen MR) is 93.8 cm³/mol. The standard InChI is InChI=1S/C15H14F3N5O5S/c1-8-7-11(28-2)21-13(19-8)22-14(25)23-29(26,27)10-6-4-3-5-9(10)20-12(24)15(16,17)18/h3-7H,1-2H3,(H,20,24)(H2,19,21,22,23,25). The third kappa shape index (κ3) is 5.78. The van der Waals surface area contributed by atoms with Crippen LogP contribution >= 0.6 is 0 Å². The van der Waals surface area contributed by atoms with E-state index < -0.39 is 38.7 Å². The summed E-state index contributed by atoms with van der Waals surface area (Å²) in [5, 5.41) is 3.52. The monoisotopic (exact) mass is 433 g/mol. The molecule has 0 bridgehead atoms. The predicted octanol–water partition coefficient (Wildman–Crippen LogP) is 1.80. The second kappa shape index (κ2) is 8.30. The van der Waals surface area contributed by atoms with E-state index in [1.54, 1.807) is 11.6 Å². The number of sulfonamides is 1. The van der Waals surface area contributed by atoms with Gasteiger partial charge in [0, 0.05) is 11.8 Å². The van der Waals surface area contributed by atoms with Crippen molar-refractivity contribution in [1.29, 1.82) is 0 Å². The maximum absolute atomic E-state index is 12.4. The van der Waals surface area contributed by atoms with Gasteiger partial charge in [-0.05, 0) is 19.1 Å². The number of hydrogen-bond donors (Lipinski definition) is 3. The van der Waals surface area contributed by atoms with Crippen LogP contribution in [0.2, 0.25) is 0 Å². The maximum atomic E-state index is 12.4. The smallest absolute Gasteiger partial charge is 0.471 e. The molecule has 0 fully saturated rings.